The highest BCUT2D eigenvalue weighted by molar-refractivity contribution is 14.1. The molecule has 1 N–H and O–H groups in total. The standard InChI is InChI=1S/C15H10FIN2O2/c16-11-3-1-2-9(6-11)7-14-18-15(21-19-14)10-4-5-12(17)13(20)8-10/h1-6,8,20H,7H2. The van der Waals surface area contributed by atoms with Gasteiger partial charge in [0.15, 0.2) is 5.82 Å². The maximum absolute atomic E-state index is 13.1. The molecule has 0 saturated heterocycles. The number of aromatic hydroxyl groups is 1. The minimum Gasteiger partial charge on any atom is -0.507 e. The summed E-state index contributed by atoms with van der Waals surface area (Å²) < 4.78 is 19.1. The number of nitrogens with zero attached hydrogens (tertiary/aromatic N) is 2. The molecule has 106 valence electrons. The van der Waals surface area contributed by atoms with Crippen LogP contribution in [0, 0.1) is 9.39 Å². The van der Waals surface area contributed by atoms with Crippen LogP contribution >= 0.6 is 22.6 Å². The van der Waals surface area contributed by atoms with E-state index in [2.05, 4.69) is 10.1 Å². The molecule has 4 nitrogen and oxygen atoms in total. The van der Waals surface area contributed by atoms with Gasteiger partial charge < -0.3 is 9.63 Å². The maximum atomic E-state index is 13.1. The van der Waals surface area contributed by atoms with E-state index in [1.54, 1.807) is 30.3 Å². The second-order valence-electron chi connectivity index (χ2n) is 4.49. The fourth-order valence-corrected chi connectivity index (χ4v) is 2.25. The van der Waals surface area contributed by atoms with E-state index in [9.17, 15) is 9.50 Å². The molecule has 0 unspecified atom stereocenters. The van der Waals surface area contributed by atoms with Gasteiger partial charge in [-0.1, -0.05) is 17.3 Å². The van der Waals surface area contributed by atoms with Crippen LogP contribution in [0.1, 0.15) is 11.4 Å². The van der Waals surface area contributed by atoms with Crippen molar-refractivity contribution in [3.8, 4) is 17.2 Å². The van der Waals surface area contributed by atoms with Crippen molar-refractivity contribution in [1.82, 2.24) is 10.1 Å². The van der Waals surface area contributed by atoms with Crippen molar-refractivity contribution in [2.75, 3.05) is 0 Å². The zero-order valence-corrected chi connectivity index (χ0v) is 12.9. The fourth-order valence-electron chi connectivity index (χ4n) is 1.92. The molecule has 6 heteroatoms. The largest absolute Gasteiger partial charge is 0.507 e. The van der Waals surface area contributed by atoms with Crippen molar-refractivity contribution in [2.24, 2.45) is 0 Å². The van der Waals surface area contributed by atoms with Crippen molar-refractivity contribution in [2.45, 2.75) is 6.42 Å². The molecular weight excluding hydrogens is 386 g/mol. The maximum Gasteiger partial charge on any atom is 0.258 e. The lowest BCUT2D eigenvalue weighted by Crippen LogP contribution is -1.91. The summed E-state index contributed by atoms with van der Waals surface area (Å²) in [5.41, 5.74) is 1.42. The van der Waals surface area contributed by atoms with Gasteiger partial charge in [-0.2, -0.15) is 4.98 Å². The zero-order valence-electron chi connectivity index (χ0n) is 10.8. The molecule has 0 amide bonds. The minimum absolute atomic E-state index is 0.165. The Labute approximate surface area is 133 Å². The first kappa shape index (κ1) is 14.0. The molecule has 0 saturated carbocycles. The molecule has 2 aromatic carbocycles. The first-order valence-electron chi connectivity index (χ1n) is 6.18. The predicted octanol–water partition coefficient (Wildman–Crippen LogP) is 3.78. The third-order valence-electron chi connectivity index (χ3n) is 2.91. The molecule has 0 bridgehead atoms. The number of hydrogen-bond acceptors (Lipinski definition) is 4. The van der Waals surface area contributed by atoms with Gasteiger partial charge in [0.25, 0.3) is 5.89 Å². The number of phenolic OH excluding ortho intramolecular Hbond substituents is 1. The predicted molar refractivity (Wildman–Crippen MR) is 83.3 cm³/mol. The van der Waals surface area contributed by atoms with E-state index in [0.717, 1.165) is 9.13 Å². The summed E-state index contributed by atoms with van der Waals surface area (Å²) in [6.07, 6.45) is 0.387. The lowest BCUT2D eigenvalue weighted by Gasteiger charge is -1.98. The Morgan fingerprint density at radius 2 is 2.05 bits per heavy atom. The van der Waals surface area contributed by atoms with Crippen molar-refractivity contribution >= 4 is 22.6 Å². The third-order valence-corrected chi connectivity index (χ3v) is 3.82. The highest BCUT2D eigenvalue weighted by Gasteiger charge is 2.11. The molecule has 0 spiro atoms. The molecule has 1 heterocycles. The second-order valence-corrected chi connectivity index (χ2v) is 5.65. The quantitative estimate of drug-likeness (QED) is 0.685. The summed E-state index contributed by atoms with van der Waals surface area (Å²) in [5, 5.41) is 13.6. The first-order chi connectivity index (χ1) is 10.1. The summed E-state index contributed by atoms with van der Waals surface area (Å²) in [5.74, 6) is 0.665. The molecular formula is C15H10FIN2O2. The number of phenols is 1. The monoisotopic (exact) mass is 396 g/mol. The molecule has 3 rings (SSSR count). The Bertz CT molecular complexity index is 789. The molecule has 1 aromatic heterocycles. The van der Waals surface area contributed by atoms with E-state index in [1.807, 2.05) is 22.6 Å². The number of aromatic nitrogens is 2. The van der Waals surface area contributed by atoms with E-state index in [0.29, 0.717) is 23.7 Å². The van der Waals surface area contributed by atoms with Crippen LogP contribution in [0.15, 0.2) is 47.0 Å². The average Bonchev–Trinajstić information content (AvgIpc) is 2.90. The Hall–Kier alpha value is -1.96. The summed E-state index contributed by atoms with van der Waals surface area (Å²) in [6.45, 7) is 0. The highest BCUT2D eigenvalue weighted by atomic mass is 127. The number of halogens is 2. The highest BCUT2D eigenvalue weighted by Crippen LogP contribution is 2.26. The van der Waals surface area contributed by atoms with Gasteiger partial charge in [-0.15, -0.1) is 0 Å². The van der Waals surface area contributed by atoms with Crippen molar-refractivity contribution in [3.63, 3.8) is 0 Å². The van der Waals surface area contributed by atoms with Gasteiger partial charge in [-0.25, -0.2) is 4.39 Å². The van der Waals surface area contributed by atoms with Crippen LogP contribution in [0.5, 0.6) is 5.75 Å². The van der Waals surface area contributed by atoms with E-state index in [4.69, 9.17) is 4.52 Å². The van der Waals surface area contributed by atoms with E-state index in [-0.39, 0.29) is 11.6 Å². The summed E-state index contributed by atoms with van der Waals surface area (Å²) >= 11 is 2.03. The zero-order chi connectivity index (χ0) is 14.8. The normalized spacial score (nSPS) is 10.8. The SMILES string of the molecule is Oc1cc(-c2nc(Cc3cccc(F)c3)no2)ccc1I. The average molecular weight is 396 g/mol. The number of rotatable bonds is 3. The third kappa shape index (κ3) is 3.21. The van der Waals surface area contributed by atoms with Crippen LogP contribution < -0.4 is 0 Å². The van der Waals surface area contributed by atoms with Gasteiger partial charge in [0.2, 0.25) is 0 Å². The minimum atomic E-state index is -0.293. The fraction of sp³-hybridized carbons (Fsp3) is 0.0667. The van der Waals surface area contributed by atoms with Crippen LogP contribution in [0.3, 0.4) is 0 Å². The lowest BCUT2D eigenvalue weighted by molar-refractivity contribution is 0.423. The molecule has 0 aliphatic heterocycles. The number of hydrogen-bond donors (Lipinski definition) is 1. The Morgan fingerprint density at radius 1 is 1.19 bits per heavy atom. The second kappa shape index (κ2) is 5.80. The summed E-state index contributed by atoms with van der Waals surface area (Å²) in [6, 6.07) is 11.4. The van der Waals surface area contributed by atoms with Gasteiger partial charge in [-0.05, 0) is 58.5 Å². The molecule has 0 aliphatic rings. The summed E-state index contributed by atoms with van der Waals surface area (Å²) in [4.78, 5) is 4.26. The van der Waals surface area contributed by atoms with Crippen LogP contribution in [0.4, 0.5) is 4.39 Å². The first-order valence-corrected chi connectivity index (χ1v) is 7.25. The Morgan fingerprint density at radius 3 is 2.81 bits per heavy atom. The number of benzene rings is 2. The van der Waals surface area contributed by atoms with Gasteiger partial charge >= 0.3 is 0 Å². The van der Waals surface area contributed by atoms with E-state index in [1.165, 1.54) is 12.1 Å². The molecule has 21 heavy (non-hydrogen) atoms. The smallest absolute Gasteiger partial charge is 0.258 e. The van der Waals surface area contributed by atoms with E-state index >= 15 is 0 Å². The van der Waals surface area contributed by atoms with Crippen molar-refractivity contribution in [3.05, 3.63) is 63.2 Å². The van der Waals surface area contributed by atoms with Gasteiger partial charge in [0.05, 0.1) is 3.57 Å². The van der Waals surface area contributed by atoms with E-state index < -0.39 is 0 Å². The topological polar surface area (TPSA) is 59.2 Å². The van der Waals surface area contributed by atoms with Crippen LogP contribution in [-0.2, 0) is 6.42 Å². The lowest BCUT2D eigenvalue weighted by atomic mass is 10.1. The van der Waals surface area contributed by atoms with Crippen LogP contribution in [0.25, 0.3) is 11.5 Å². The van der Waals surface area contributed by atoms with Crippen molar-refractivity contribution < 1.29 is 14.0 Å². The van der Waals surface area contributed by atoms with Gasteiger partial charge in [0.1, 0.15) is 11.6 Å². The van der Waals surface area contributed by atoms with Gasteiger partial charge in [-0.3, -0.25) is 0 Å². The Balaban J connectivity index is 1.84. The van der Waals surface area contributed by atoms with Crippen LogP contribution in [-0.4, -0.2) is 15.2 Å². The molecule has 0 fully saturated rings. The molecule has 0 atom stereocenters. The Kier molecular flexibility index (Phi) is 3.87. The van der Waals surface area contributed by atoms with Crippen LogP contribution in [0.2, 0.25) is 0 Å². The molecule has 0 aliphatic carbocycles. The summed E-state index contributed by atoms with van der Waals surface area (Å²) in [7, 11) is 0. The van der Waals surface area contributed by atoms with Crippen molar-refractivity contribution in [1.29, 1.82) is 0 Å². The molecule has 3 aromatic rings. The molecule has 0 radical (unpaired) electrons. The van der Waals surface area contributed by atoms with Gasteiger partial charge in [0, 0.05) is 12.0 Å².